The molecule has 2 aromatic rings. The quantitative estimate of drug-likeness (QED) is 0.598. The van der Waals surface area contributed by atoms with Crippen LogP contribution in [0.15, 0.2) is 48.2 Å². The second-order valence-corrected chi connectivity index (χ2v) is 8.45. The molecule has 2 aromatic carbocycles. The van der Waals surface area contributed by atoms with E-state index >= 15 is 0 Å². The van der Waals surface area contributed by atoms with Gasteiger partial charge in [0.15, 0.2) is 0 Å². The second kappa shape index (κ2) is 8.47. The standard InChI is InChI=1S/C24H33N5/c1-16-3-6-20(7-4-16)28-23-11-14-29(26)24(17(2)25)21-8-5-19(15-22(21)23)18-9-12-27-13-10-18/h3-8,15,18,23,27-28H,9-14,25-26H2,1-2H3/b24-17-. The van der Waals surface area contributed by atoms with Crippen molar-refractivity contribution in [2.24, 2.45) is 11.6 Å². The van der Waals surface area contributed by atoms with Crippen molar-refractivity contribution >= 4 is 11.4 Å². The van der Waals surface area contributed by atoms with E-state index in [9.17, 15) is 0 Å². The fourth-order valence-electron chi connectivity index (χ4n) is 4.62. The van der Waals surface area contributed by atoms with Crippen molar-refractivity contribution in [1.82, 2.24) is 10.3 Å². The number of nitrogens with one attached hydrogen (secondary N) is 2. The van der Waals surface area contributed by atoms with Crippen molar-refractivity contribution in [1.29, 1.82) is 0 Å². The molecule has 0 amide bonds. The van der Waals surface area contributed by atoms with Gasteiger partial charge in [-0.1, -0.05) is 35.9 Å². The van der Waals surface area contributed by atoms with Gasteiger partial charge < -0.3 is 21.4 Å². The molecule has 0 aromatic heterocycles. The Kier molecular flexibility index (Phi) is 5.79. The molecule has 2 aliphatic rings. The monoisotopic (exact) mass is 391 g/mol. The van der Waals surface area contributed by atoms with Crippen molar-refractivity contribution in [2.45, 2.75) is 45.1 Å². The van der Waals surface area contributed by atoms with Gasteiger partial charge in [-0.3, -0.25) is 0 Å². The highest BCUT2D eigenvalue weighted by Crippen LogP contribution is 2.37. The highest BCUT2D eigenvalue weighted by atomic mass is 15.4. The van der Waals surface area contributed by atoms with E-state index in [1.54, 1.807) is 0 Å². The predicted octanol–water partition coefficient (Wildman–Crippen LogP) is 3.84. The third kappa shape index (κ3) is 4.26. The molecule has 1 atom stereocenters. The Balaban J connectivity index is 1.75. The van der Waals surface area contributed by atoms with Crippen LogP contribution < -0.4 is 22.2 Å². The highest BCUT2D eigenvalue weighted by molar-refractivity contribution is 5.71. The Morgan fingerprint density at radius 2 is 1.79 bits per heavy atom. The van der Waals surface area contributed by atoms with Crippen molar-refractivity contribution < 1.29 is 0 Å². The maximum absolute atomic E-state index is 6.41. The number of benzene rings is 2. The van der Waals surface area contributed by atoms with Crippen molar-refractivity contribution in [3.05, 3.63) is 70.4 Å². The Labute approximate surface area is 174 Å². The Morgan fingerprint density at radius 1 is 1.07 bits per heavy atom. The molecule has 2 aliphatic heterocycles. The third-order valence-corrected chi connectivity index (χ3v) is 6.23. The van der Waals surface area contributed by atoms with E-state index in [1.807, 2.05) is 11.9 Å². The van der Waals surface area contributed by atoms with E-state index in [-0.39, 0.29) is 6.04 Å². The molecule has 154 valence electrons. The zero-order valence-electron chi connectivity index (χ0n) is 17.5. The summed E-state index contributed by atoms with van der Waals surface area (Å²) >= 11 is 0. The number of hydrogen-bond donors (Lipinski definition) is 4. The lowest BCUT2D eigenvalue weighted by Gasteiger charge is -2.26. The smallest absolute Gasteiger partial charge is 0.0777 e. The maximum atomic E-state index is 6.41. The lowest BCUT2D eigenvalue weighted by atomic mass is 9.86. The van der Waals surface area contributed by atoms with E-state index in [2.05, 4.69) is 60.0 Å². The molecular formula is C24H33N5. The zero-order valence-corrected chi connectivity index (χ0v) is 17.5. The lowest BCUT2D eigenvalue weighted by molar-refractivity contribution is 0.402. The van der Waals surface area contributed by atoms with Gasteiger partial charge in [-0.15, -0.1) is 0 Å². The molecule has 5 nitrogen and oxygen atoms in total. The van der Waals surface area contributed by atoms with Gasteiger partial charge in [0.25, 0.3) is 0 Å². The summed E-state index contributed by atoms with van der Waals surface area (Å²) in [6.07, 6.45) is 3.30. The van der Waals surface area contributed by atoms with Crippen LogP contribution in [0.3, 0.4) is 0 Å². The molecular weight excluding hydrogens is 358 g/mol. The number of hydrazine groups is 1. The van der Waals surface area contributed by atoms with Crippen LogP contribution >= 0.6 is 0 Å². The molecule has 0 radical (unpaired) electrons. The Morgan fingerprint density at radius 3 is 2.48 bits per heavy atom. The third-order valence-electron chi connectivity index (χ3n) is 6.23. The number of rotatable bonds is 3. The van der Waals surface area contributed by atoms with Crippen LogP contribution in [-0.2, 0) is 0 Å². The highest BCUT2D eigenvalue weighted by Gasteiger charge is 2.27. The number of piperidine rings is 1. The summed E-state index contributed by atoms with van der Waals surface area (Å²) in [6.45, 7) is 6.99. The number of allylic oxidation sites excluding steroid dienone is 1. The summed E-state index contributed by atoms with van der Waals surface area (Å²) in [5.74, 6) is 7.03. The van der Waals surface area contributed by atoms with Gasteiger partial charge in [0.1, 0.15) is 0 Å². The molecule has 0 bridgehead atoms. The van der Waals surface area contributed by atoms with Gasteiger partial charge in [0.05, 0.1) is 11.7 Å². The first-order valence-corrected chi connectivity index (χ1v) is 10.7. The van der Waals surface area contributed by atoms with Crippen molar-refractivity contribution in [3.63, 3.8) is 0 Å². The molecule has 5 heteroatoms. The van der Waals surface area contributed by atoms with Crippen molar-refractivity contribution in [2.75, 3.05) is 25.0 Å². The van der Waals surface area contributed by atoms with Crippen LogP contribution in [0.1, 0.15) is 60.4 Å². The van der Waals surface area contributed by atoms with Crippen molar-refractivity contribution in [3.8, 4) is 0 Å². The maximum Gasteiger partial charge on any atom is 0.0777 e. The minimum atomic E-state index is 0.192. The van der Waals surface area contributed by atoms with Gasteiger partial charge in [-0.25, -0.2) is 5.84 Å². The lowest BCUT2D eigenvalue weighted by Crippen LogP contribution is -2.31. The average Bonchev–Trinajstić information content (AvgIpc) is 2.86. The summed E-state index contributed by atoms with van der Waals surface area (Å²) in [6, 6.07) is 15.7. The van der Waals surface area contributed by atoms with Gasteiger partial charge in [0.2, 0.25) is 0 Å². The first kappa shape index (κ1) is 19.8. The van der Waals surface area contributed by atoms with E-state index in [0.717, 1.165) is 48.7 Å². The predicted molar refractivity (Wildman–Crippen MR) is 121 cm³/mol. The number of nitrogens with two attached hydrogens (primary N) is 2. The van der Waals surface area contributed by atoms with Gasteiger partial charge in [-0.05, 0) is 75.4 Å². The molecule has 1 unspecified atom stereocenters. The number of anilines is 1. The number of fused-ring (bicyclic) bond motifs is 1. The average molecular weight is 392 g/mol. The van der Waals surface area contributed by atoms with Gasteiger partial charge >= 0.3 is 0 Å². The number of aryl methyl sites for hydroxylation is 1. The fourth-order valence-corrected chi connectivity index (χ4v) is 4.62. The van der Waals surface area contributed by atoms with Crippen LogP contribution in [0.25, 0.3) is 5.70 Å². The summed E-state index contributed by atoms with van der Waals surface area (Å²) in [7, 11) is 0. The molecule has 6 N–H and O–H groups in total. The molecule has 1 saturated heterocycles. The molecule has 2 heterocycles. The van der Waals surface area contributed by atoms with Crippen LogP contribution in [0, 0.1) is 6.92 Å². The van der Waals surface area contributed by atoms with E-state index in [0.29, 0.717) is 5.92 Å². The van der Waals surface area contributed by atoms with Crippen LogP contribution in [0.5, 0.6) is 0 Å². The first-order chi connectivity index (χ1) is 14.0. The number of hydrogen-bond acceptors (Lipinski definition) is 5. The zero-order chi connectivity index (χ0) is 20.4. The molecule has 29 heavy (non-hydrogen) atoms. The van der Waals surface area contributed by atoms with Crippen LogP contribution in [-0.4, -0.2) is 24.6 Å². The molecule has 4 rings (SSSR count). The van der Waals surface area contributed by atoms with Gasteiger partial charge in [-0.2, -0.15) is 0 Å². The minimum absolute atomic E-state index is 0.192. The minimum Gasteiger partial charge on any atom is -0.401 e. The second-order valence-electron chi connectivity index (χ2n) is 8.45. The topological polar surface area (TPSA) is 79.3 Å². The molecule has 0 spiro atoms. The fraction of sp³-hybridized carbons (Fsp3) is 0.417. The Bertz CT molecular complexity index is 877. The molecule has 0 aliphatic carbocycles. The first-order valence-electron chi connectivity index (χ1n) is 10.7. The SMILES string of the molecule is C/C(N)=C1\c2ccc(C3CCNCC3)cc2C(Nc2ccc(C)cc2)CCN1N. The van der Waals surface area contributed by atoms with E-state index in [4.69, 9.17) is 11.6 Å². The molecule has 1 fully saturated rings. The summed E-state index contributed by atoms with van der Waals surface area (Å²) in [5.41, 5.74) is 14.3. The molecule has 0 saturated carbocycles. The summed E-state index contributed by atoms with van der Waals surface area (Å²) in [5, 5.41) is 9.04. The van der Waals surface area contributed by atoms with Crippen LogP contribution in [0.2, 0.25) is 0 Å². The van der Waals surface area contributed by atoms with Gasteiger partial charge in [0, 0.05) is 23.5 Å². The normalized spacial score (nSPS) is 22.0. The van der Waals surface area contributed by atoms with Crippen LogP contribution in [0.4, 0.5) is 5.69 Å². The van der Waals surface area contributed by atoms with E-state index < -0.39 is 0 Å². The Hall–Kier alpha value is -2.50. The number of nitrogens with zero attached hydrogens (tertiary/aromatic N) is 1. The largest absolute Gasteiger partial charge is 0.401 e. The van der Waals surface area contributed by atoms with E-state index in [1.165, 1.54) is 29.5 Å². The summed E-state index contributed by atoms with van der Waals surface area (Å²) < 4.78 is 0. The summed E-state index contributed by atoms with van der Waals surface area (Å²) in [4.78, 5) is 0.